The first kappa shape index (κ1) is 16.3. The van der Waals surface area contributed by atoms with Gasteiger partial charge in [0.05, 0.1) is 16.4 Å². The second-order valence-corrected chi connectivity index (χ2v) is 6.83. The highest BCUT2D eigenvalue weighted by Gasteiger charge is 2.22. The molecular formula is C15H15ClN2O3S. The fraction of sp³-hybridized carbons (Fsp3) is 0.133. The van der Waals surface area contributed by atoms with E-state index in [0.717, 1.165) is 11.1 Å². The molecule has 0 aromatic heterocycles. The lowest BCUT2D eigenvalue weighted by atomic mass is 10.1. The fourth-order valence-electron chi connectivity index (χ4n) is 2.08. The van der Waals surface area contributed by atoms with Crippen molar-refractivity contribution in [3.8, 4) is 0 Å². The molecule has 2 aromatic carbocycles. The first-order chi connectivity index (χ1) is 10.3. The number of halogens is 1. The molecule has 0 saturated heterocycles. The molecule has 0 spiro atoms. The predicted octanol–water partition coefficient (Wildman–Crippen LogP) is 3.33. The van der Waals surface area contributed by atoms with Gasteiger partial charge in [0.2, 0.25) is 6.41 Å². The molecule has 0 atom stereocenters. The van der Waals surface area contributed by atoms with Crippen molar-refractivity contribution in [2.24, 2.45) is 0 Å². The minimum Gasteiger partial charge on any atom is -0.327 e. The molecule has 1 amide bonds. The van der Waals surface area contributed by atoms with Gasteiger partial charge in [-0.1, -0.05) is 35.4 Å². The van der Waals surface area contributed by atoms with Crippen LogP contribution in [-0.4, -0.2) is 14.8 Å². The molecule has 0 aliphatic rings. The van der Waals surface area contributed by atoms with Gasteiger partial charge in [-0.15, -0.1) is 0 Å². The van der Waals surface area contributed by atoms with Crippen LogP contribution in [0.25, 0.3) is 0 Å². The van der Waals surface area contributed by atoms with Gasteiger partial charge in [0, 0.05) is 0 Å². The number of carbonyl (C=O) groups excluding carboxylic acids is 1. The van der Waals surface area contributed by atoms with E-state index in [-0.39, 0.29) is 15.6 Å². The molecule has 0 aliphatic heterocycles. The van der Waals surface area contributed by atoms with Gasteiger partial charge in [-0.05, 0) is 37.6 Å². The minimum atomic E-state index is -3.94. The summed E-state index contributed by atoms with van der Waals surface area (Å²) in [5.74, 6) is 0. The number of hydrogen-bond donors (Lipinski definition) is 2. The number of anilines is 2. The average molecular weight is 339 g/mol. The number of sulfonamides is 1. The van der Waals surface area contributed by atoms with Crippen molar-refractivity contribution in [1.29, 1.82) is 0 Å². The molecule has 2 aromatic rings. The number of hydrogen-bond acceptors (Lipinski definition) is 3. The molecule has 2 N–H and O–H groups in total. The van der Waals surface area contributed by atoms with Crippen molar-refractivity contribution >= 4 is 39.4 Å². The molecule has 116 valence electrons. The van der Waals surface area contributed by atoms with E-state index in [1.165, 1.54) is 12.1 Å². The molecule has 5 nitrogen and oxygen atoms in total. The van der Waals surface area contributed by atoms with E-state index < -0.39 is 10.0 Å². The predicted molar refractivity (Wildman–Crippen MR) is 87.9 cm³/mol. The Labute approximate surface area is 134 Å². The third kappa shape index (κ3) is 3.40. The molecule has 7 heteroatoms. The Morgan fingerprint density at radius 1 is 1.09 bits per heavy atom. The summed E-state index contributed by atoms with van der Waals surface area (Å²) in [6.07, 6.45) is 0.405. The Morgan fingerprint density at radius 3 is 2.45 bits per heavy atom. The lowest BCUT2D eigenvalue weighted by molar-refractivity contribution is -0.105. The summed E-state index contributed by atoms with van der Waals surface area (Å²) in [7, 11) is -3.94. The Kier molecular flexibility index (Phi) is 4.73. The topological polar surface area (TPSA) is 75.3 Å². The van der Waals surface area contributed by atoms with E-state index in [1.807, 2.05) is 26.0 Å². The third-order valence-electron chi connectivity index (χ3n) is 3.08. The van der Waals surface area contributed by atoms with Crippen LogP contribution in [0.1, 0.15) is 11.1 Å². The number of rotatable bonds is 5. The van der Waals surface area contributed by atoms with Gasteiger partial charge in [0.1, 0.15) is 4.90 Å². The first-order valence-corrected chi connectivity index (χ1v) is 8.30. The van der Waals surface area contributed by atoms with E-state index in [4.69, 9.17) is 11.6 Å². The largest absolute Gasteiger partial charge is 0.327 e. The van der Waals surface area contributed by atoms with Crippen molar-refractivity contribution in [3.05, 3.63) is 52.5 Å². The van der Waals surface area contributed by atoms with E-state index >= 15 is 0 Å². The molecule has 0 aliphatic carbocycles. The molecule has 0 bridgehead atoms. The van der Waals surface area contributed by atoms with Crippen LogP contribution in [0.3, 0.4) is 0 Å². The number of amides is 1. The third-order valence-corrected chi connectivity index (χ3v) is 4.97. The number of nitrogens with one attached hydrogen (secondary N) is 2. The summed E-state index contributed by atoms with van der Waals surface area (Å²) < 4.78 is 27.7. The van der Waals surface area contributed by atoms with Crippen LogP contribution in [0.2, 0.25) is 5.02 Å². The Hall–Kier alpha value is -2.05. The second-order valence-electron chi connectivity index (χ2n) is 4.80. The summed E-state index contributed by atoms with van der Waals surface area (Å²) in [4.78, 5) is 10.5. The van der Waals surface area contributed by atoms with Crippen molar-refractivity contribution < 1.29 is 13.2 Å². The Morgan fingerprint density at radius 2 is 1.82 bits per heavy atom. The molecule has 0 radical (unpaired) electrons. The van der Waals surface area contributed by atoms with Gasteiger partial charge >= 0.3 is 0 Å². The molecule has 0 fully saturated rings. The maximum atomic E-state index is 12.6. The molecule has 22 heavy (non-hydrogen) atoms. The van der Waals surface area contributed by atoms with Gasteiger partial charge < -0.3 is 5.32 Å². The number of carbonyl (C=O) groups is 1. The summed E-state index contributed by atoms with van der Waals surface area (Å²) in [5, 5.41) is 2.38. The zero-order chi connectivity index (χ0) is 16.3. The normalized spacial score (nSPS) is 11.0. The summed E-state index contributed by atoms with van der Waals surface area (Å²) in [6.45, 7) is 3.73. The van der Waals surface area contributed by atoms with Crippen LogP contribution in [-0.2, 0) is 14.8 Å². The van der Waals surface area contributed by atoms with Crippen molar-refractivity contribution in [1.82, 2.24) is 0 Å². The summed E-state index contributed by atoms with van der Waals surface area (Å²) in [6, 6.07) is 9.85. The Bertz CT molecular complexity index is 820. The van der Waals surface area contributed by atoms with E-state index in [1.54, 1.807) is 12.1 Å². The second kappa shape index (κ2) is 6.37. The molecule has 0 unspecified atom stereocenters. The van der Waals surface area contributed by atoms with Gasteiger partial charge in [-0.2, -0.15) is 0 Å². The van der Waals surface area contributed by atoms with Crippen molar-refractivity contribution in [2.75, 3.05) is 10.0 Å². The highest BCUT2D eigenvalue weighted by molar-refractivity contribution is 7.93. The minimum absolute atomic E-state index is 0.0316. The zero-order valence-corrected chi connectivity index (χ0v) is 13.6. The van der Waals surface area contributed by atoms with Crippen LogP contribution in [0, 0.1) is 13.8 Å². The SMILES string of the molecule is Cc1ccc(NS(=O)(=O)c2c(Cl)cccc2NC=O)c(C)c1. The molecular weight excluding hydrogens is 324 g/mol. The fourth-order valence-corrected chi connectivity index (χ4v) is 3.92. The standard InChI is InChI=1S/C15H15ClN2O3S/c1-10-6-7-13(11(2)8-10)18-22(20,21)15-12(16)4-3-5-14(15)17-9-19/h3-9,18H,1-2H3,(H,17,19). The van der Waals surface area contributed by atoms with Crippen LogP contribution in [0.5, 0.6) is 0 Å². The van der Waals surface area contributed by atoms with Crippen LogP contribution < -0.4 is 10.0 Å². The molecule has 2 rings (SSSR count). The van der Waals surface area contributed by atoms with Gasteiger partial charge in [0.15, 0.2) is 0 Å². The average Bonchev–Trinajstić information content (AvgIpc) is 2.42. The van der Waals surface area contributed by atoms with E-state index in [0.29, 0.717) is 12.1 Å². The maximum absolute atomic E-state index is 12.6. The van der Waals surface area contributed by atoms with Crippen LogP contribution >= 0.6 is 11.6 Å². The van der Waals surface area contributed by atoms with E-state index in [9.17, 15) is 13.2 Å². The van der Waals surface area contributed by atoms with Gasteiger partial charge in [-0.3, -0.25) is 9.52 Å². The van der Waals surface area contributed by atoms with Crippen LogP contribution in [0.15, 0.2) is 41.3 Å². The maximum Gasteiger partial charge on any atom is 0.265 e. The van der Waals surface area contributed by atoms with Gasteiger partial charge in [-0.25, -0.2) is 8.42 Å². The summed E-state index contributed by atoms with van der Waals surface area (Å²) in [5.41, 5.74) is 2.41. The first-order valence-electron chi connectivity index (χ1n) is 6.44. The highest BCUT2D eigenvalue weighted by atomic mass is 35.5. The smallest absolute Gasteiger partial charge is 0.265 e. The van der Waals surface area contributed by atoms with Crippen molar-refractivity contribution in [3.63, 3.8) is 0 Å². The molecule has 0 saturated carbocycles. The zero-order valence-electron chi connectivity index (χ0n) is 12.1. The van der Waals surface area contributed by atoms with E-state index in [2.05, 4.69) is 10.0 Å². The monoisotopic (exact) mass is 338 g/mol. The summed E-state index contributed by atoms with van der Waals surface area (Å²) >= 11 is 6.01. The number of benzene rings is 2. The lowest BCUT2D eigenvalue weighted by Crippen LogP contribution is -2.16. The quantitative estimate of drug-likeness (QED) is 0.821. The van der Waals surface area contributed by atoms with Gasteiger partial charge in [0.25, 0.3) is 10.0 Å². The highest BCUT2D eigenvalue weighted by Crippen LogP contribution is 2.31. The lowest BCUT2D eigenvalue weighted by Gasteiger charge is -2.14. The van der Waals surface area contributed by atoms with Crippen molar-refractivity contribution in [2.45, 2.75) is 18.7 Å². The van der Waals surface area contributed by atoms with Crippen LogP contribution in [0.4, 0.5) is 11.4 Å². The number of aryl methyl sites for hydroxylation is 2. The Balaban J connectivity index is 2.49. The molecule has 0 heterocycles.